The molecule has 0 fully saturated rings. The van der Waals surface area contributed by atoms with Gasteiger partial charge < -0.3 is 19.6 Å². The number of rotatable bonds is 3. The van der Waals surface area contributed by atoms with E-state index in [4.69, 9.17) is 4.74 Å². The highest BCUT2D eigenvalue weighted by atomic mass is 16.5. The van der Waals surface area contributed by atoms with Gasteiger partial charge in [0, 0.05) is 5.39 Å². The smallest absolute Gasteiger partial charge is 0.354 e. The Labute approximate surface area is 96.2 Å². The summed E-state index contributed by atoms with van der Waals surface area (Å²) in [6.45, 7) is 1.98. The third kappa shape index (κ3) is 2.10. The van der Waals surface area contributed by atoms with Crippen molar-refractivity contribution in [2.24, 2.45) is 0 Å². The first kappa shape index (κ1) is 11.1. The van der Waals surface area contributed by atoms with Crippen LogP contribution >= 0.6 is 0 Å². The average Bonchev–Trinajstić information content (AvgIpc) is 2.71. The van der Waals surface area contributed by atoms with Gasteiger partial charge in [-0.15, -0.1) is 0 Å². The van der Waals surface area contributed by atoms with Gasteiger partial charge in [0.05, 0.1) is 30.0 Å². The maximum absolute atomic E-state index is 11.4. The minimum Gasteiger partial charge on any atom is -0.543 e. The van der Waals surface area contributed by atoms with Crippen molar-refractivity contribution in [3.05, 3.63) is 29.7 Å². The zero-order chi connectivity index (χ0) is 12.4. The molecule has 0 spiro atoms. The minimum absolute atomic E-state index is 0.174. The van der Waals surface area contributed by atoms with Gasteiger partial charge in [0.1, 0.15) is 5.69 Å². The highest BCUT2D eigenvalue weighted by Crippen LogP contribution is 2.16. The molecule has 88 valence electrons. The zero-order valence-corrected chi connectivity index (χ0v) is 9.02. The quantitative estimate of drug-likeness (QED) is 0.759. The molecule has 6 nitrogen and oxygen atoms in total. The van der Waals surface area contributed by atoms with E-state index in [2.05, 4.69) is 9.97 Å². The van der Waals surface area contributed by atoms with E-state index in [1.807, 2.05) is 0 Å². The Balaban J connectivity index is 2.43. The molecule has 0 saturated carbocycles. The van der Waals surface area contributed by atoms with Crippen LogP contribution in [0.2, 0.25) is 0 Å². The van der Waals surface area contributed by atoms with Crippen LogP contribution in [-0.4, -0.2) is 28.5 Å². The number of aromatic amines is 1. The molecule has 1 N–H and O–H groups in total. The SMILES string of the molecule is CCOC(=O)c1cc2cc(C(=O)[O-])ncc2[nH]1. The molecule has 2 rings (SSSR count). The number of nitrogens with one attached hydrogen (secondary N) is 1. The fraction of sp³-hybridized carbons (Fsp3) is 0.182. The van der Waals surface area contributed by atoms with E-state index in [9.17, 15) is 14.7 Å². The molecule has 0 aliphatic rings. The fourth-order valence-electron chi connectivity index (χ4n) is 1.46. The standard InChI is InChI=1S/C11H10N2O4/c1-2-17-11(16)8-4-6-3-7(10(14)15)12-5-9(6)13-8/h3-5,13H,2H2,1H3,(H,14,15)/p-1. The second kappa shape index (κ2) is 4.25. The number of fused-ring (bicyclic) bond motifs is 1. The maximum atomic E-state index is 11.4. The number of pyridine rings is 1. The molecule has 0 amide bonds. The Hall–Kier alpha value is -2.37. The second-order valence-electron chi connectivity index (χ2n) is 3.35. The van der Waals surface area contributed by atoms with E-state index in [1.165, 1.54) is 18.3 Å². The number of carbonyl (C=O) groups is 2. The predicted molar refractivity (Wildman–Crippen MR) is 56.4 cm³/mol. The van der Waals surface area contributed by atoms with Crippen molar-refractivity contribution in [2.45, 2.75) is 6.92 Å². The van der Waals surface area contributed by atoms with Crippen LogP contribution in [0.3, 0.4) is 0 Å². The third-order valence-corrected chi connectivity index (χ3v) is 2.21. The van der Waals surface area contributed by atoms with Gasteiger partial charge in [-0.2, -0.15) is 0 Å². The van der Waals surface area contributed by atoms with Crippen LogP contribution in [0.4, 0.5) is 0 Å². The van der Waals surface area contributed by atoms with Crippen molar-refractivity contribution in [3.8, 4) is 0 Å². The van der Waals surface area contributed by atoms with Crippen LogP contribution in [-0.2, 0) is 4.74 Å². The van der Waals surface area contributed by atoms with E-state index < -0.39 is 11.9 Å². The first-order chi connectivity index (χ1) is 8.11. The van der Waals surface area contributed by atoms with Gasteiger partial charge in [-0.05, 0) is 19.1 Å². The topological polar surface area (TPSA) is 95.1 Å². The molecular weight excluding hydrogens is 224 g/mol. The minimum atomic E-state index is -1.36. The number of nitrogens with zero attached hydrogens (tertiary/aromatic N) is 1. The van der Waals surface area contributed by atoms with Crippen molar-refractivity contribution in [1.29, 1.82) is 0 Å². The van der Waals surface area contributed by atoms with Gasteiger partial charge in [0.15, 0.2) is 0 Å². The molecule has 0 bridgehead atoms. The molecule has 2 aromatic heterocycles. The molecule has 6 heteroatoms. The largest absolute Gasteiger partial charge is 0.543 e. The highest BCUT2D eigenvalue weighted by molar-refractivity contribution is 5.96. The number of esters is 1. The van der Waals surface area contributed by atoms with E-state index >= 15 is 0 Å². The molecule has 0 unspecified atom stereocenters. The lowest BCUT2D eigenvalue weighted by atomic mass is 10.2. The molecule has 2 aromatic rings. The first-order valence-electron chi connectivity index (χ1n) is 4.99. The fourth-order valence-corrected chi connectivity index (χ4v) is 1.46. The number of carboxylic acids is 1. The van der Waals surface area contributed by atoms with Crippen molar-refractivity contribution in [3.63, 3.8) is 0 Å². The Bertz CT molecular complexity index is 588. The molecular formula is C11H9N2O4-. The summed E-state index contributed by atoms with van der Waals surface area (Å²) in [6.07, 6.45) is 1.34. The average molecular weight is 233 g/mol. The van der Waals surface area contributed by atoms with Crippen LogP contribution < -0.4 is 5.11 Å². The summed E-state index contributed by atoms with van der Waals surface area (Å²) in [5.74, 6) is -1.84. The lowest BCUT2D eigenvalue weighted by Gasteiger charge is -1.99. The van der Waals surface area contributed by atoms with Crippen LogP contribution in [0.15, 0.2) is 18.3 Å². The van der Waals surface area contributed by atoms with Gasteiger partial charge in [-0.1, -0.05) is 0 Å². The van der Waals surface area contributed by atoms with E-state index in [-0.39, 0.29) is 18.0 Å². The second-order valence-corrected chi connectivity index (χ2v) is 3.35. The molecule has 0 saturated heterocycles. The van der Waals surface area contributed by atoms with E-state index in [0.717, 1.165) is 0 Å². The Morgan fingerprint density at radius 1 is 1.47 bits per heavy atom. The number of ether oxygens (including phenoxy) is 1. The first-order valence-corrected chi connectivity index (χ1v) is 4.99. The van der Waals surface area contributed by atoms with Crippen LogP contribution in [0.1, 0.15) is 27.9 Å². The van der Waals surface area contributed by atoms with Gasteiger partial charge in [0.25, 0.3) is 0 Å². The molecule has 2 heterocycles. The summed E-state index contributed by atoms with van der Waals surface area (Å²) in [4.78, 5) is 28.5. The molecule has 17 heavy (non-hydrogen) atoms. The van der Waals surface area contributed by atoms with Crippen LogP contribution in [0.5, 0.6) is 0 Å². The van der Waals surface area contributed by atoms with Crippen LogP contribution in [0.25, 0.3) is 10.9 Å². The Kier molecular flexibility index (Phi) is 2.78. The van der Waals surface area contributed by atoms with Crippen molar-refractivity contribution in [2.75, 3.05) is 6.61 Å². The molecule has 0 aliphatic heterocycles. The van der Waals surface area contributed by atoms with Gasteiger partial charge in [-0.25, -0.2) is 4.79 Å². The summed E-state index contributed by atoms with van der Waals surface area (Å²) in [6, 6.07) is 2.85. The van der Waals surface area contributed by atoms with Gasteiger partial charge in [0.2, 0.25) is 0 Å². The Morgan fingerprint density at radius 2 is 2.24 bits per heavy atom. The van der Waals surface area contributed by atoms with E-state index in [1.54, 1.807) is 6.92 Å². The van der Waals surface area contributed by atoms with E-state index in [0.29, 0.717) is 10.9 Å². The van der Waals surface area contributed by atoms with Gasteiger partial charge in [-0.3, -0.25) is 4.98 Å². The third-order valence-electron chi connectivity index (χ3n) is 2.21. The lowest BCUT2D eigenvalue weighted by Crippen LogP contribution is -2.23. The summed E-state index contributed by atoms with van der Waals surface area (Å²) in [7, 11) is 0. The number of aromatic carboxylic acids is 1. The number of carboxylic acid groups (broad SMARTS) is 1. The molecule has 0 atom stereocenters. The van der Waals surface area contributed by atoms with Crippen LogP contribution in [0, 0.1) is 0 Å². The number of aromatic nitrogens is 2. The Morgan fingerprint density at radius 3 is 2.88 bits per heavy atom. The monoisotopic (exact) mass is 233 g/mol. The van der Waals surface area contributed by atoms with Crippen molar-refractivity contribution < 1.29 is 19.4 Å². The molecule has 0 aliphatic carbocycles. The number of hydrogen-bond donors (Lipinski definition) is 1. The summed E-state index contributed by atoms with van der Waals surface area (Å²) < 4.78 is 4.82. The molecule has 0 aromatic carbocycles. The number of H-pyrrole nitrogens is 1. The van der Waals surface area contributed by atoms with Crippen molar-refractivity contribution >= 4 is 22.8 Å². The van der Waals surface area contributed by atoms with Gasteiger partial charge >= 0.3 is 5.97 Å². The zero-order valence-electron chi connectivity index (χ0n) is 9.02. The normalized spacial score (nSPS) is 10.4. The molecule has 0 radical (unpaired) electrons. The summed E-state index contributed by atoms with van der Waals surface area (Å²) in [5.41, 5.74) is 0.657. The summed E-state index contributed by atoms with van der Waals surface area (Å²) in [5, 5.41) is 11.2. The number of hydrogen-bond acceptors (Lipinski definition) is 5. The lowest BCUT2D eigenvalue weighted by molar-refractivity contribution is -0.255. The highest BCUT2D eigenvalue weighted by Gasteiger charge is 2.10. The van der Waals surface area contributed by atoms with Crippen molar-refractivity contribution in [1.82, 2.24) is 9.97 Å². The number of carbonyl (C=O) groups excluding carboxylic acids is 2. The maximum Gasteiger partial charge on any atom is 0.354 e. The predicted octanol–water partition coefficient (Wildman–Crippen LogP) is 0.103. The summed E-state index contributed by atoms with van der Waals surface area (Å²) >= 11 is 0.